The lowest BCUT2D eigenvalue weighted by atomic mass is 10.2. The van der Waals surface area contributed by atoms with Gasteiger partial charge in [0, 0.05) is 0 Å². The number of nitriles is 1. The first-order chi connectivity index (χ1) is 8.72. The van der Waals surface area contributed by atoms with Gasteiger partial charge in [-0.25, -0.2) is 10.8 Å². The Balaban J connectivity index is 2.25. The van der Waals surface area contributed by atoms with Crippen molar-refractivity contribution in [2.45, 2.75) is 0 Å². The summed E-state index contributed by atoms with van der Waals surface area (Å²) in [5.74, 6) is 6.37. The van der Waals surface area contributed by atoms with Gasteiger partial charge in [0.1, 0.15) is 5.75 Å². The summed E-state index contributed by atoms with van der Waals surface area (Å²) < 4.78 is 6.15. The molecule has 0 saturated heterocycles. The van der Waals surface area contributed by atoms with Gasteiger partial charge >= 0.3 is 0 Å². The molecule has 3 N–H and O–H groups in total. The monoisotopic (exact) mass is 305 g/mol. The SMILES string of the molecule is N#Cc1ccc(Oc2nc(NN)ncc2Br)cc1. The minimum Gasteiger partial charge on any atom is -0.438 e. The van der Waals surface area contributed by atoms with Crippen LogP contribution < -0.4 is 16.0 Å². The van der Waals surface area contributed by atoms with Gasteiger partial charge in [-0.05, 0) is 40.2 Å². The molecule has 0 aliphatic carbocycles. The molecular weight excluding hydrogens is 298 g/mol. The van der Waals surface area contributed by atoms with Crippen molar-refractivity contribution >= 4 is 21.9 Å². The highest BCUT2D eigenvalue weighted by molar-refractivity contribution is 9.10. The smallest absolute Gasteiger partial charge is 0.240 e. The summed E-state index contributed by atoms with van der Waals surface area (Å²) in [7, 11) is 0. The molecule has 2 aromatic rings. The molecule has 90 valence electrons. The maximum absolute atomic E-state index is 8.69. The Kier molecular flexibility index (Phi) is 3.72. The Hall–Kier alpha value is -2.17. The van der Waals surface area contributed by atoms with Crippen LogP contribution in [0.5, 0.6) is 11.6 Å². The van der Waals surface area contributed by atoms with Crippen LogP contribution in [0.1, 0.15) is 5.56 Å². The van der Waals surface area contributed by atoms with Crippen molar-refractivity contribution in [2.75, 3.05) is 5.43 Å². The van der Waals surface area contributed by atoms with E-state index in [-0.39, 0.29) is 5.95 Å². The zero-order valence-corrected chi connectivity index (χ0v) is 10.7. The Morgan fingerprint density at radius 3 is 2.67 bits per heavy atom. The summed E-state index contributed by atoms with van der Waals surface area (Å²) in [6, 6.07) is 8.72. The third-order valence-corrected chi connectivity index (χ3v) is 2.58. The number of nitrogens with zero attached hydrogens (tertiary/aromatic N) is 3. The molecule has 6 nitrogen and oxygen atoms in total. The van der Waals surface area contributed by atoms with Gasteiger partial charge in [0.2, 0.25) is 11.8 Å². The Morgan fingerprint density at radius 2 is 2.06 bits per heavy atom. The van der Waals surface area contributed by atoms with Crippen molar-refractivity contribution < 1.29 is 4.74 Å². The highest BCUT2D eigenvalue weighted by Crippen LogP contribution is 2.27. The van der Waals surface area contributed by atoms with Crippen molar-refractivity contribution in [3.8, 4) is 17.7 Å². The second-order valence-electron chi connectivity index (χ2n) is 3.23. The van der Waals surface area contributed by atoms with Crippen molar-refractivity contribution in [1.82, 2.24) is 9.97 Å². The lowest BCUT2D eigenvalue weighted by Gasteiger charge is -2.07. The number of hydrogen-bond donors (Lipinski definition) is 2. The lowest BCUT2D eigenvalue weighted by Crippen LogP contribution is -2.10. The largest absolute Gasteiger partial charge is 0.438 e. The molecule has 0 amide bonds. The quantitative estimate of drug-likeness (QED) is 0.666. The molecule has 1 aromatic carbocycles. The minimum absolute atomic E-state index is 0.252. The van der Waals surface area contributed by atoms with Crippen LogP contribution in [0.3, 0.4) is 0 Å². The van der Waals surface area contributed by atoms with E-state index in [0.717, 1.165) is 0 Å². The van der Waals surface area contributed by atoms with Gasteiger partial charge in [0.25, 0.3) is 0 Å². The number of aromatic nitrogens is 2. The zero-order valence-electron chi connectivity index (χ0n) is 9.09. The minimum atomic E-state index is 0.252. The van der Waals surface area contributed by atoms with E-state index in [9.17, 15) is 0 Å². The number of anilines is 1. The molecule has 0 radical (unpaired) electrons. The fourth-order valence-electron chi connectivity index (χ4n) is 1.20. The van der Waals surface area contributed by atoms with Crippen LogP contribution in [0.4, 0.5) is 5.95 Å². The van der Waals surface area contributed by atoms with Crippen LogP contribution in [0.2, 0.25) is 0 Å². The van der Waals surface area contributed by atoms with Gasteiger partial charge in [-0.1, -0.05) is 0 Å². The molecule has 0 aliphatic heterocycles. The number of halogens is 1. The highest BCUT2D eigenvalue weighted by atomic mass is 79.9. The van der Waals surface area contributed by atoms with Crippen molar-refractivity contribution in [2.24, 2.45) is 5.84 Å². The maximum Gasteiger partial charge on any atom is 0.240 e. The molecule has 0 spiro atoms. The molecule has 0 atom stereocenters. The fraction of sp³-hybridized carbons (Fsp3) is 0. The molecular formula is C11H8BrN5O. The van der Waals surface area contributed by atoms with Crippen LogP contribution in [-0.2, 0) is 0 Å². The average Bonchev–Trinajstić information content (AvgIpc) is 2.42. The predicted molar refractivity (Wildman–Crippen MR) is 68.8 cm³/mol. The summed E-state index contributed by atoms with van der Waals surface area (Å²) in [6.07, 6.45) is 1.53. The summed E-state index contributed by atoms with van der Waals surface area (Å²) in [6.45, 7) is 0. The summed E-state index contributed by atoms with van der Waals surface area (Å²) in [5, 5.41) is 8.69. The number of hydrazine groups is 1. The molecule has 0 bridgehead atoms. The second kappa shape index (κ2) is 5.44. The van der Waals surface area contributed by atoms with E-state index in [2.05, 4.69) is 31.3 Å². The van der Waals surface area contributed by atoms with E-state index in [1.54, 1.807) is 24.3 Å². The number of benzene rings is 1. The third kappa shape index (κ3) is 2.74. The zero-order chi connectivity index (χ0) is 13.0. The number of nitrogens with two attached hydrogens (primary N) is 1. The van der Waals surface area contributed by atoms with Gasteiger partial charge in [-0.2, -0.15) is 10.2 Å². The molecule has 1 aromatic heterocycles. The van der Waals surface area contributed by atoms with Gasteiger partial charge in [-0.3, -0.25) is 5.43 Å². The standard InChI is InChI=1S/C11H8BrN5O/c12-9-6-15-11(17-14)16-10(9)18-8-3-1-7(5-13)2-4-8/h1-4,6H,14H2,(H,15,16,17). The van der Waals surface area contributed by atoms with Gasteiger partial charge < -0.3 is 4.74 Å². The summed E-state index contributed by atoms with van der Waals surface area (Å²) >= 11 is 3.27. The second-order valence-corrected chi connectivity index (χ2v) is 4.08. The molecule has 0 unspecified atom stereocenters. The Bertz CT molecular complexity index is 593. The molecule has 2 rings (SSSR count). The van der Waals surface area contributed by atoms with Gasteiger partial charge in [0.05, 0.1) is 22.3 Å². The van der Waals surface area contributed by atoms with E-state index < -0.39 is 0 Å². The lowest BCUT2D eigenvalue weighted by molar-refractivity contribution is 0.459. The number of hydrogen-bond acceptors (Lipinski definition) is 6. The van der Waals surface area contributed by atoms with E-state index in [4.69, 9.17) is 15.8 Å². The van der Waals surface area contributed by atoms with Crippen LogP contribution in [0.15, 0.2) is 34.9 Å². The van der Waals surface area contributed by atoms with Gasteiger partial charge in [0.15, 0.2) is 0 Å². The molecule has 0 fully saturated rings. The summed E-state index contributed by atoms with van der Waals surface area (Å²) in [4.78, 5) is 7.96. The number of nitrogen functional groups attached to an aromatic ring is 1. The topological polar surface area (TPSA) is 96.8 Å². The van der Waals surface area contributed by atoms with Crippen LogP contribution in [0, 0.1) is 11.3 Å². The van der Waals surface area contributed by atoms with Crippen molar-refractivity contribution in [3.63, 3.8) is 0 Å². The van der Waals surface area contributed by atoms with Crippen LogP contribution >= 0.6 is 15.9 Å². The van der Waals surface area contributed by atoms with E-state index in [1.165, 1.54) is 6.20 Å². The average molecular weight is 306 g/mol. The molecule has 7 heteroatoms. The predicted octanol–water partition coefficient (Wildman–Crippen LogP) is 2.19. The Morgan fingerprint density at radius 1 is 1.33 bits per heavy atom. The van der Waals surface area contributed by atoms with E-state index in [1.807, 2.05) is 6.07 Å². The molecule has 1 heterocycles. The maximum atomic E-state index is 8.69. The fourth-order valence-corrected chi connectivity index (χ4v) is 1.47. The molecule has 0 saturated carbocycles. The number of nitrogens with one attached hydrogen (secondary N) is 1. The normalized spacial score (nSPS) is 9.61. The number of ether oxygens (including phenoxy) is 1. The van der Waals surface area contributed by atoms with Crippen LogP contribution in [0.25, 0.3) is 0 Å². The molecule has 18 heavy (non-hydrogen) atoms. The first-order valence-corrected chi connectivity index (χ1v) is 5.69. The van der Waals surface area contributed by atoms with Crippen molar-refractivity contribution in [1.29, 1.82) is 5.26 Å². The highest BCUT2D eigenvalue weighted by Gasteiger charge is 2.07. The van der Waals surface area contributed by atoms with Gasteiger partial charge in [-0.15, -0.1) is 0 Å². The first kappa shape index (κ1) is 12.3. The van der Waals surface area contributed by atoms with E-state index in [0.29, 0.717) is 21.7 Å². The summed E-state index contributed by atoms with van der Waals surface area (Å²) in [5.41, 5.74) is 2.90. The van der Waals surface area contributed by atoms with E-state index >= 15 is 0 Å². The Labute approximate surface area is 112 Å². The number of rotatable bonds is 3. The van der Waals surface area contributed by atoms with Crippen LogP contribution in [-0.4, -0.2) is 9.97 Å². The van der Waals surface area contributed by atoms with Crippen molar-refractivity contribution in [3.05, 3.63) is 40.5 Å². The first-order valence-electron chi connectivity index (χ1n) is 4.90. The molecule has 0 aliphatic rings. The third-order valence-electron chi connectivity index (χ3n) is 2.04.